The molecule has 23 heavy (non-hydrogen) atoms. The molecule has 0 aliphatic carbocycles. The van der Waals surface area contributed by atoms with Gasteiger partial charge in [0.15, 0.2) is 0 Å². The zero-order chi connectivity index (χ0) is 17.2. The van der Waals surface area contributed by atoms with E-state index >= 15 is 0 Å². The van der Waals surface area contributed by atoms with Gasteiger partial charge in [-0.25, -0.2) is 12.7 Å². The monoisotopic (exact) mass is 338 g/mol. The molecular weight excluding hydrogens is 316 g/mol. The molecule has 1 aliphatic rings. The Morgan fingerprint density at radius 1 is 1.22 bits per heavy atom. The highest BCUT2D eigenvalue weighted by Gasteiger charge is 2.45. The number of aryl methyl sites for hydroxylation is 1. The number of benzene rings is 1. The molecule has 0 radical (unpaired) electrons. The minimum absolute atomic E-state index is 0.0377. The lowest BCUT2D eigenvalue weighted by Crippen LogP contribution is -2.49. The van der Waals surface area contributed by atoms with Gasteiger partial charge in [-0.3, -0.25) is 9.59 Å². The number of rotatable bonds is 5. The van der Waals surface area contributed by atoms with Crippen LogP contribution in [0.3, 0.4) is 0 Å². The highest BCUT2D eigenvalue weighted by Crippen LogP contribution is 2.28. The van der Waals surface area contributed by atoms with E-state index in [1.165, 1.54) is 12.1 Å². The molecule has 1 aromatic rings. The minimum Gasteiger partial charge on any atom is -0.341 e. The molecule has 6 nitrogen and oxygen atoms in total. The first kappa shape index (κ1) is 17.5. The number of amides is 2. The molecule has 1 atom stereocenters. The second-order valence-corrected chi connectivity index (χ2v) is 7.39. The fourth-order valence-corrected chi connectivity index (χ4v) is 4.35. The van der Waals surface area contributed by atoms with Gasteiger partial charge in [-0.2, -0.15) is 0 Å². The van der Waals surface area contributed by atoms with E-state index in [1.54, 1.807) is 17.0 Å². The quantitative estimate of drug-likeness (QED) is 0.816. The van der Waals surface area contributed by atoms with Crippen LogP contribution in [0.25, 0.3) is 0 Å². The van der Waals surface area contributed by atoms with E-state index in [0.717, 1.165) is 9.87 Å². The van der Waals surface area contributed by atoms with Crippen molar-refractivity contribution in [3.05, 3.63) is 29.8 Å². The summed E-state index contributed by atoms with van der Waals surface area (Å²) in [5.41, 5.74) is 0.924. The van der Waals surface area contributed by atoms with E-state index in [-0.39, 0.29) is 23.6 Å². The van der Waals surface area contributed by atoms with E-state index in [2.05, 4.69) is 0 Å². The molecule has 0 spiro atoms. The first-order valence-corrected chi connectivity index (χ1v) is 9.19. The van der Waals surface area contributed by atoms with Crippen molar-refractivity contribution in [1.29, 1.82) is 0 Å². The van der Waals surface area contributed by atoms with Crippen molar-refractivity contribution in [1.82, 2.24) is 9.21 Å². The fourth-order valence-electron chi connectivity index (χ4n) is 2.76. The van der Waals surface area contributed by atoms with Crippen molar-refractivity contribution in [2.75, 3.05) is 13.1 Å². The summed E-state index contributed by atoms with van der Waals surface area (Å²) >= 11 is 0. The normalized spacial score (nSPS) is 18.3. The average molecular weight is 338 g/mol. The van der Waals surface area contributed by atoms with Crippen LogP contribution in [-0.2, 0) is 19.6 Å². The molecule has 7 heteroatoms. The molecule has 1 heterocycles. The second-order valence-electron chi connectivity index (χ2n) is 5.57. The molecule has 2 amide bonds. The molecule has 1 aliphatic heterocycles. The van der Waals surface area contributed by atoms with Crippen molar-refractivity contribution in [2.45, 2.75) is 44.6 Å². The Morgan fingerprint density at radius 2 is 1.78 bits per heavy atom. The zero-order valence-electron chi connectivity index (χ0n) is 13.7. The zero-order valence-corrected chi connectivity index (χ0v) is 14.5. The Morgan fingerprint density at radius 3 is 2.30 bits per heavy atom. The summed E-state index contributed by atoms with van der Waals surface area (Å²) in [6.45, 7) is 6.48. The molecule has 2 rings (SSSR count). The number of likely N-dealkylation sites (N-methyl/N-ethyl adjacent to an activating group) is 1. The summed E-state index contributed by atoms with van der Waals surface area (Å²) in [6, 6.07) is 5.35. The van der Waals surface area contributed by atoms with Crippen LogP contribution in [-0.4, -0.2) is 48.6 Å². The topological polar surface area (TPSA) is 74.8 Å². The first-order valence-electron chi connectivity index (χ1n) is 7.75. The van der Waals surface area contributed by atoms with Gasteiger partial charge in [0.25, 0.3) is 10.0 Å². The molecule has 0 aromatic heterocycles. The van der Waals surface area contributed by atoms with Crippen molar-refractivity contribution < 1.29 is 18.0 Å². The summed E-state index contributed by atoms with van der Waals surface area (Å²) in [5, 5.41) is 0. The molecule has 0 bridgehead atoms. The van der Waals surface area contributed by atoms with Crippen LogP contribution in [0, 0.1) is 6.92 Å². The Balaban J connectivity index is 2.39. The van der Waals surface area contributed by atoms with Crippen LogP contribution in [0.4, 0.5) is 0 Å². The molecule has 0 unspecified atom stereocenters. The van der Waals surface area contributed by atoms with Gasteiger partial charge >= 0.3 is 0 Å². The summed E-state index contributed by atoms with van der Waals surface area (Å²) in [5.74, 6) is -0.826. The Bertz CT molecular complexity index is 693. The molecule has 0 saturated carbocycles. The van der Waals surface area contributed by atoms with Crippen LogP contribution in [0.15, 0.2) is 29.2 Å². The smallest absolute Gasteiger partial charge is 0.267 e. The van der Waals surface area contributed by atoms with Gasteiger partial charge in [-0.05, 0) is 39.3 Å². The maximum absolute atomic E-state index is 12.8. The largest absolute Gasteiger partial charge is 0.341 e. The summed E-state index contributed by atoms with van der Waals surface area (Å²) < 4.78 is 26.4. The number of sulfonamides is 1. The van der Waals surface area contributed by atoms with Crippen LogP contribution >= 0.6 is 0 Å². The van der Waals surface area contributed by atoms with Crippen molar-refractivity contribution in [3.8, 4) is 0 Å². The van der Waals surface area contributed by atoms with Crippen molar-refractivity contribution >= 4 is 21.8 Å². The van der Waals surface area contributed by atoms with Gasteiger partial charge in [-0.15, -0.1) is 0 Å². The minimum atomic E-state index is -4.01. The molecule has 126 valence electrons. The maximum Gasteiger partial charge on any atom is 0.267 e. The fraction of sp³-hybridized carbons (Fsp3) is 0.500. The lowest BCUT2D eigenvalue weighted by Gasteiger charge is -2.28. The predicted molar refractivity (Wildman–Crippen MR) is 86.2 cm³/mol. The third kappa shape index (κ3) is 3.24. The van der Waals surface area contributed by atoms with Gasteiger partial charge in [0.2, 0.25) is 11.8 Å². The summed E-state index contributed by atoms with van der Waals surface area (Å²) in [4.78, 5) is 26.3. The second kappa shape index (κ2) is 6.70. The van der Waals surface area contributed by atoms with Gasteiger partial charge in [-0.1, -0.05) is 17.7 Å². The van der Waals surface area contributed by atoms with E-state index in [9.17, 15) is 18.0 Å². The van der Waals surface area contributed by atoms with Gasteiger partial charge in [0, 0.05) is 19.5 Å². The molecule has 1 fully saturated rings. The number of carbonyl (C=O) groups is 2. The highest BCUT2D eigenvalue weighted by molar-refractivity contribution is 7.89. The SMILES string of the molecule is CCN(CC)C(=O)[C@H]1CCC(=O)N1S(=O)(=O)c1ccc(C)cc1. The molecular formula is C16H22N2O4S. The number of nitrogens with zero attached hydrogens (tertiary/aromatic N) is 2. The lowest BCUT2D eigenvalue weighted by atomic mass is 10.2. The van der Waals surface area contributed by atoms with Gasteiger partial charge < -0.3 is 4.90 Å². The Kier molecular flexibility index (Phi) is 5.09. The highest BCUT2D eigenvalue weighted by atomic mass is 32.2. The third-order valence-electron chi connectivity index (χ3n) is 4.10. The van der Waals surface area contributed by atoms with Crippen LogP contribution in [0.5, 0.6) is 0 Å². The molecule has 0 N–H and O–H groups in total. The lowest BCUT2D eigenvalue weighted by molar-refractivity contribution is -0.137. The number of carbonyl (C=O) groups excluding carboxylic acids is 2. The predicted octanol–water partition coefficient (Wildman–Crippen LogP) is 1.54. The van der Waals surface area contributed by atoms with E-state index in [4.69, 9.17) is 0 Å². The molecule has 1 saturated heterocycles. The van der Waals surface area contributed by atoms with Crippen LogP contribution < -0.4 is 0 Å². The van der Waals surface area contributed by atoms with Crippen molar-refractivity contribution in [2.24, 2.45) is 0 Å². The first-order chi connectivity index (χ1) is 10.8. The standard InChI is InChI=1S/C16H22N2O4S/c1-4-17(5-2)16(20)14-10-11-15(19)18(14)23(21,22)13-8-6-12(3)7-9-13/h6-9,14H,4-5,10-11H2,1-3H3/t14-/m1/s1. The number of hydrogen-bond acceptors (Lipinski definition) is 4. The van der Waals surface area contributed by atoms with Crippen LogP contribution in [0.1, 0.15) is 32.3 Å². The Labute approximate surface area is 137 Å². The average Bonchev–Trinajstić information content (AvgIpc) is 2.91. The summed E-state index contributed by atoms with van der Waals surface area (Å²) in [6.07, 6.45) is 0.308. The molecule has 1 aromatic carbocycles. The number of hydrogen-bond donors (Lipinski definition) is 0. The maximum atomic E-state index is 12.8. The van der Waals surface area contributed by atoms with Gasteiger partial charge in [0.1, 0.15) is 6.04 Å². The van der Waals surface area contributed by atoms with Gasteiger partial charge in [0.05, 0.1) is 4.90 Å². The third-order valence-corrected chi connectivity index (χ3v) is 5.94. The van der Waals surface area contributed by atoms with E-state index in [0.29, 0.717) is 13.1 Å². The summed E-state index contributed by atoms with van der Waals surface area (Å²) in [7, 11) is -4.01. The van der Waals surface area contributed by atoms with Crippen molar-refractivity contribution in [3.63, 3.8) is 0 Å². The van der Waals surface area contributed by atoms with E-state index < -0.39 is 22.0 Å². The van der Waals surface area contributed by atoms with Crippen LogP contribution in [0.2, 0.25) is 0 Å². The van der Waals surface area contributed by atoms with E-state index in [1.807, 2.05) is 20.8 Å². The Hall–Kier alpha value is -1.89.